The average Bonchev–Trinajstić information content (AvgIpc) is 2.89. The zero-order valence-corrected chi connectivity index (χ0v) is 10.6. The van der Waals surface area contributed by atoms with Crippen LogP contribution in [-0.2, 0) is 0 Å². The number of rotatable bonds is 4. The maximum Gasteiger partial charge on any atom is 0.243 e. The molecule has 0 spiro atoms. The fourth-order valence-electron chi connectivity index (χ4n) is 2.13. The van der Waals surface area contributed by atoms with Gasteiger partial charge in [-0.25, -0.2) is 5.84 Å². The summed E-state index contributed by atoms with van der Waals surface area (Å²) in [6.07, 6.45) is 4.70. The van der Waals surface area contributed by atoms with Crippen molar-refractivity contribution in [3.05, 3.63) is 0 Å². The Morgan fingerprint density at radius 3 is 2.39 bits per heavy atom. The lowest BCUT2D eigenvalue weighted by atomic mass is 10.3. The van der Waals surface area contributed by atoms with Crippen molar-refractivity contribution < 1.29 is 0 Å². The largest absolute Gasteiger partial charge is 0.349 e. The fourth-order valence-corrected chi connectivity index (χ4v) is 2.13. The molecule has 98 valence electrons. The second-order valence-corrected chi connectivity index (χ2v) is 5.31. The van der Waals surface area contributed by atoms with E-state index in [-0.39, 0.29) is 5.54 Å². The van der Waals surface area contributed by atoms with Gasteiger partial charge >= 0.3 is 0 Å². The van der Waals surface area contributed by atoms with Crippen molar-refractivity contribution in [3.63, 3.8) is 0 Å². The summed E-state index contributed by atoms with van der Waals surface area (Å²) in [7, 11) is 0. The number of nitrogens with zero attached hydrogens (tertiary/aromatic N) is 4. The minimum absolute atomic E-state index is 0.148. The molecule has 1 saturated heterocycles. The average molecular weight is 249 g/mol. The lowest BCUT2D eigenvalue weighted by molar-refractivity contribution is 0.797. The van der Waals surface area contributed by atoms with Crippen LogP contribution >= 0.6 is 0 Å². The van der Waals surface area contributed by atoms with E-state index in [1.807, 2.05) is 0 Å². The summed E-state index contributed by atoms with van der Waals surface area (Å²) in [6, 6.07) is 0. The Kier molecular flexibility index (Phi) is 2.70. The summed E-state index contributed by atoms with van der Waals surface area (Å²) < 4.78 is 0. The standard InChI is InChI=1S/C11H19N7/c1-11(4-5-11)16-8-13-9(17-12)15-10(14-8)18-6-2-3-7-18/h2-7,12H2,1H3,(H2,13,14,15,16,17). The van der Waals surface area contributed by atoms with E-state index in [0.29, 0.717) is 17.8 Å². The van der Waals surface area contributed by atoms with Crippen molar-refractivity contribution in [2.45, 2.75) is 38.1 Å². The highest BCUT2D eigenvalue weighted by molar-refractivity contribution is 5.45. The first kappa shape index (κ1) is 11.5. The van der Waals surface area contributed by atoms with E-state index in [0.717, 1.165) is 25.9 Å². The van der Waals surface area contributed by atoms with Gasteiger partial charge in [0.2, 0.25) is 17.8 Å². The van der Waals surface area contributed by atoms with Crippen LogP contribution in [0.15, 0.2) is 0 Å². The summed E-state index contributed by atoms with van der Waals surface area (Å²) in [5.74, 6) is 7.15. The quantitative estimate of drug-likeness (QED) is 0.535. The molecule has 2 aliphatic rings. The van der Waals surface area contributed by atoms with Crippen molar-refractivity contribution in [1.29, 1.82) is 0 Å². The molecule has 0 amide bonds. The number of hydrazine groups is 1. The fraction of sp³-hybridized carbons (Fsp3) is 0.727. The topological polar surface area (TPSA) is 92.0 Å². The summed E-state index contributed by atoms with van der Waals surface area (Å²) in [5.41, 5.74) is 2.66. The minimum Gasteiger partial charge on any atom is -0.349 e. The third-order valence-electron chi connectivity index (χ3n) is 3.56. The van der Waals surface area contributed by atoms with Gasteiger partial charge in [0.25, 0.3) is 0 Å². The van der Waals surface area contributed by atoms with Gasteiger partial charge in [0, 0.05) is 18.6 Å². The summed E-state index contributed by atoms with van der Waals surface area (Å²) in [4.78, 5) is 15.2. The number of nitrogens with one attached hydrogen (secondary N) is 2. The molecule has 4 N–H and O–H groups in total. The van der Waals surface area contributed by atoms with E-state index < -0.39 is 0 Å². The maximum atomic E-state index is 5.42. The van der Waals surface area contributed by atoms with E-state index in [1.165, 1.54) is 12.8 Å². The molecule has 2 fully saturated rings. The van der Waals surface area contributed by atoms with Crippen molar-refractivity contribution in [2.24, 2.45) is 5.84 Å². The predicted molar refractivity (Wildman–Crippen MR) is 70.3 cm³/mol. The molecule has 2 heterocycles. The number of anilines is 3. The molecular weight excluding hydrogens is 230 g/mol. The molecule has 1 aliphatic heterocycles. The first-order chi connectivity index (χ1) is 8.68. The van der Waals surface area contributed by atoms with Gasteiger partial charge in [-0.3, -0.25) is 5.43 Å². The van der Waals surface area contributed by atoms with Gasteiger partial charge in [-0.1, -0.05) is 0 Å². The predicted octanol–water partition coefficient (Wildman–Crippen LogP) is 0.722. The molecule has 7 heteroatoms. The molecule has 0 atom stereocenters. The molecule has 18 heavy (non-hydrogen) atoms. The normalized spacial score (nSPS) is 20.9. The van der Waals surface area contributed by atoms with Crippen LogP contribution in [0.3, 0.4) is 0 Å². The van der Waals surface area contributed by atoms with Crippen LogP contribution in [0.5, 0.6) is 0 Å². The molecular formula is C11H19N7. The van der Waals surface area contributed by atoms with E-state index in [4.69, 9.17) is 5.84 Å². The minimum atomic E-state index is 0.148. The van der Waals surface area contributed by atoms with Crippen molar-refractivity contribution in [1.82, 2.24) is 15.0 Å². The Hall–Kier alpha value is -1.63. The Bertz CT molecular complexity index is 437. The highest BCUT2D eigenvalue weighted by atomic mass is 15.4. The van der Waals surface area contributed by atoms with Crippen LogP contribution in [-0.4, -0.2) is 33.6 Å². The van der Waals surface area contributed by atoms with Crippen LogP contribution in [0.1, 0.15) is 32.6 Å². The Balaban J connectivity index is 1.85. The second kappa shape index (κ2) is 4.24. The zero-order chi connectivity index (χ0) is 12.6. The highest BCUT2D eigenvalue weighted by Crippen LogP contribution is 2.37. The lowest BCUT2D eigenvalue weighted by Gasteiger charge is -2.18. The molecule has 0 radical (unpaired) electrons. The van der Waals surface area contributed by atoms with Gasteiger partial charge in [-0.2, -0.15) is 15.0 Å². The van der Waals surface area contributed by atoms with Crippen LogP contribution in [0.4, 0.5) is 17.8 Å². The smallest absolute Gasteiger partial charge is 0.243 e. The molecule has 1 aliphatic carbocycles. The third-order valence-corrected chi connectivity index (χ3v) is 3.56. The molecule has 1 aromatic rings. The first-order valence-corrected chi connectivity index (χ1v) is 6.44. The van der Waals surface area contributed by atoms with Gasteiger partial charge in [0.05, 0.1) is 0 Å². The third kappa shape index (κ3) is 2.31. The first-order valence-electron chi connectivity index (χ1n) is 6.44. The van der Waals surface area contributed by atoms with Gasteiger partial charge < -0.3 is 10.2 Å². The van der Waals surface area contributed by atoms with Gasteiger partial charge in [0.15, 0.2) is 0 Å². The molecule has 1 saturated carbocycles. The van der Waals surface area contributed by atoms with Gasteiger partial charge in [-0.15, -0.1) is 0 Å². The van der Waals surface area contributed by atoms with Crippen LogP contribution in [0.25, 0.3) is 0 Å². The number of nitrogens with two attached hydrogens (primary N) is 1. The highest BCUT2D eigenvalue weighted by Gasteiger charge is 2.38. The van der Waals surface area contributed by atoms with Crippen molar-refractivity contribution in [3.8, 4) is 0 Å². The van der Waals surface area contributed by atoms with Crippen molar-refractivity contribution >= 4 is 17.8 Å². The Morgan fingerprint density at radius 1 is 1.11 bits per heavy atom. The van der Waals surface area contributed by atoms with Gasteiger partial charge in [-0.05, 0) is 32.6 Å². The van der Waals surface area contributed by atoms with E-state index >= 15 is 0 Å². The SMILES string of the molecule is CC1(Nc2nc(NN)nc(N3CCCC3)n2)CC1. The number of nitrogen functional groups attached to an aromatic ring is 1. The van der Waals surface area contributed by atoms with E-state index in [2.05, 4.69) is 37.5 Å². The maximum absolute atomic E-state index is 5.42. The summed E-state index contributed by atoms with van der Waals surface area (Å²) in [5, 5.41) is 3.35. The number of aromatic nitrogens is 3. The molecule has 0 bridgehead atoms. The monoisotopic (exact) mass is 249 g/mol. The van der Waals surface area contributed by atoms with Crippen LogP contribution in [0, 0.1) is 0 Å². The molecule has 1 aromatic heterocycles. The summed E-state index contributed by atoms with van der Waals surface area (Å²) in [6.45, 7) is 4.18. The Labute approximate surface area is 106 Å². The molecule has 3 rings (SSSR count). The molecule has 7 nitrogen and oxygen atoms in total. The second-order valence-electron chi connectivity index (χ2n) is 5.31. The zero-order valence-electron chi connectivity index (χ0n) is 10.6. The van der Waals surface area contributed by atoms with Gasteiger partial charge in [0.1, 0.15) is 0 Å². The lowest BCUT2D eigenvalue weighted by Crippen LogP contribution is -2.25. The Morgan fingerprint density at radius 2 is 1.78 bits per heavy atom. The molecule has 0 unspecified atom stereocenters. The van der Waals surface area contributed by atoms with Crippen LogP contribution in [0.2, 0.25) is 0 Å². The molecule has 0 aromatic carbocycles. The van der Waals surface area contributed by atoms with E-state index in [9.17, 15) is 0 Å². The van der Waals surface area contributed by atoms with Crippen molar-refractivity contribution in [2.75, 3.05) is 28.7 Å². The van der Waals surface area contributed by atoms with Crippen LogP contribution < -0.4 is 21.5 Å². The number of hydrogen-bond acceptors (Lipinski definition) is 7. The van der Waals surface area contributed by atoms with E-state index in [1.54, 1.807) is 0 Å². The summed E-state index contributed by atoms with van der Waals surface area (Å²) >= 11 is 0. The number of hydrogen-bond donors (Lipinski definition) is 3.